The van der Waals surface area contributed by atoms with E-state index in [1.165, 1.54) is 0 Å². The highest BCUT2D eigenvalue weighted by Gasteiger charge is 2.24. The van der Waals surface area contributed by atoms with Gasteiger partial charge in [-0.1, -0.05) is 6.58 Å². The van der Waals surface area contributed by atoms with E-state index >= 15 is 0 Å². The second-order valence-electron chi connectivity index (χ2n) is 2.55. The molecule has 1 unspecified atom stereocenters. The summed E-state index contributed by atoms with van der Waals surface area (Å²) in [5, 5.41) is 3.00. The van der Waals surface area contributed by atoms with Crippen molar-refractivity contribution in [3.63, 3.8) is 0 Å². The lowest BCUT2D eigenvalue weighted by molar-refractivity contribution is 0.606. The van der Waals surface area contributed by atoms with Crippen molar-refractivity contribution >= 4 is 19.7 Å². The molecule has 0 saturated carbocycles. The molecule has 1 atom stereocenters. The number of hydrogen-bond donors (Lipinski definition) is 1. The number of hydrogen-bond acceptors (Lipinski definition) is 3. The van der Waals surface area contributed by atoms with Gasteiger partial charge >= 0.3 is 0 Å². The van der Waals surface area contributed by atoms with E-state index in [0.29, 0.717) is 0 Å². The zero-order chi connectivity index (χ0) is 8.48. The van der Waals surface area contributed by atoms with E-state index in [1.807, 2.05) is 0 Å². The minimum Gasteiger partial charge on any atom is -0.309 e. The summed E-state index contributed by atoms with van der Waals surface area (Å²) in [6.45, 7) is 4.27. The molecule has 1 fully saturated rings. The van der Waals surface area contributed by atoms with Crippen LogP contribution in [0.1, 0.15) is 12.8 Å². The van der Waals surface area contributed by atoms with E-state index in [-0.39, 0.29) is 10.9 Å². The molecule has 0 aromatic carbocycles. The molecule has 0 aromatic rings. The van der Waals surface area contributed by atoms with Crippen molar-refractivity contribution in [2.75, 3.05) is 6.54 Å². The van der Waals surface area contributed by atoms with Crippen molar-refractivity contribution in [1.82, 2.24) is 5.32 Å². The summed E-state index contributed by atoms with van der Waals surface area (Å²) in [5.74, 6) is 0. The lowest BCUT2D eigenvalue weighted by Crippen LogP contribution is -2.25. The topological polar surface area (TPSA) is 46.2 Å². The Morgan fingerprint density at radius 1 is 1.64 bits per heavy atom. The molecule has 1 saturated heterocycles. The number of halogens is 1. The molecule has 0 radical (unpaired) electrons. The van der Waals surface area contributed by atoms with Crippen LogP contribution in [0.3, 0.4) is 0 Å². The molecule has 1 aliphatic heterocycles. The zero-order valence-corrected chi connectivity index (χ0v) is 7.58. The molecule has 1 aliphatic rings. The quantitative estimate of drug-likeness (QED) is 0.664. The highest BCUT2D eigenvalue weighted by atomic mass is 35.7. The first-order valence-electron chi connectivity index (χ1n) is 3.38. The van der Waals surface area contributed by atoms with Gasteiger partial charge in [0, 0.05) is 16.7 Å². The van der Waals surface area contributed by atoms with Crippen molar-refractivity contribution in [1.29, 1.82) is 0 Å². The fraction of sp³-hybridized carbons (Fsp3) is 0.667. The summed E-state index contributed by atoms with van der Waals surface area (Å²) in [5.41, 5.74) is 0. The molecule has 0 amide bonds. The van der Waals surface area contributed by atoms with Gasteiger partial charge in [-0.3, -0.25) is 0 Å². The van der Waals surface area contributed by atoms with Gasteiger partial charge in [0.15, 0.2) is 0 Å². The lowest BCUT2D eigenvalue weighted by atomic mass is 10.2. The van der Waals surface area contributed by atoms with Crippen LogP contribution in [0.4, 0.5) is 0 Å². The Bertz CT molecular complexity index is 254. The van der Waals surface area contributed by atoms with Gasteiger partial charge in [-0.05, 0) is 19.4 Å². The largest absolute Gasteiger partial charge is 0.309 e. The summed E-state index contributed by atoms with van der Waals surface area (Å²) in [7, 11) is 1.53. The van der Waals surface area contributed by atoms with E-state index < -0.39 is 9.05 Å². The van der Waals surface area contributed by atoms with E-state index in [2.05, 4.69) is 11.9 Å². The Morgan fingerprint density at radius 3 is 2.64 bits per heavy atom. The Hall–Kier alpha value is -0.0600. The smallest absolute Gasteiger partial charge is 0.258 e. The van der Waals surface area contributed by atoms with Gasteiger partial charge in [0.05, 0.1) is 4.91 Å². The first kappa shape index (κ1) is 9.03. The monoisotopic (exact) mass is 195 g/mol. The molecule has 0 aliphatic carbocycles. The maximum absolute atomic E-state index is 10.7. The van der Waals surface area contributed by atoms with E-state index in [1.54, 1.807) is 0 Å². The molecule has 0 bridgehead atoms. The molecule has 1 rings (SSSR count). The predicted octanol–water partition coefficient (Wildman–Crippen LogP) is 0.821. The molecular weight excluding hydrogens is 186 g/mol. The van der Waals surface area contributed by atoms with Crippen molar-refractivity contribution in [3.8, 4) is 0 Å². The van der Waals surface area contributed by atoms with Crippen LogP contribution in [0.15, 0.2) is 11.5 Å². The Morgan fingerprint density at radius 2 is 2.27 bits per heavy atom. The van der Waals surface area contributed by atoms with Crippen molar-refractivity contribution in [2.24, 2.45) is 0 Å². The maximum Gasteiger partial charge on any atom is 0.258 e. The maximum atomic E-state index is 10.7. The third-order valence-corrected chi connectivity index (χ3v) is 3.27. The summed E-state index contributed by atoms with van der Waals surface area (Å²) < 4.78 is 21.5. The standard InChI is InChI=1S/C6H10ClNO2S/c1-5(11(7,9)10)6-3-2-4-8-6/h6,8H,1-4H2. The molecule has 0 spiro atoms. The van der Waals surface area contributed by atoms with E-state index in [9.17, 15) is 8.42 Å². The second kappa shape index (κ2) is 3.13. The van der Waals surface area contributed by atoms with Gasteiger partial charge in [0.2, 0.25) is 0 Å². The van der Waals surface area contributed by atoms with Gasteiger partial charge in [0.1, 0.15) is 0 Å². The number of rotatable bonds is 2. The Labute approximate surface area is 70.9 Å². The van der Waals surface area contributed by atoms with Gasteiger partial charge in [0.25, 0.3) is 9.05 Å². The minimum atomic E-state index is -3.57. The highest BCUT2D eigenvalue weighted by Crippen LogP contribution is 2.20. The van der Waals surface area contributed by atoms with Crippen LogP contribution in [0.5, 0.6) is 0 Å². The SMILES string of the molecule is C=C(C1CCCN1)S(=O)(=O)Cl. The molecule has 3 nitrogen and oxygen atoms in total. The van der Waals surface area contributed by atoms with Crippen LogP contribution < -0.4 is 5.32 Å². The summed E-state index contributed by atoms with van der Waals surface area (Å²) >= 11 is 0. The van der Waals surface area contributed by atoms with Crippen LogP contribution in [0.2, 0.25) is 0 Å². The van der Waals surface area contributed by atoms with Crippen LogP contribution in [-0.4, -0.2) is 21.0 Å². The van der Waals surface area contributed by atoms with E-state index in [0.717, 1.165) is 19.4 Å². The predicted molar refractivity (Wildman–Crippen MR) is 44.9 cm³/mol. The fourth-order valence-electron chi connectivity index (χ4n) is 1.13. The average molecular weight is 196 g/mol. The molecular formula is C6H10ClNO2S. The average Bonchev–Trinajstić information content (AvgIpc) is 2.34. The molecule has 64 valence electrons. The first-order chi connectivity index (χ1) is 5.02. The van der Waals surface area contributed by atoms with Crippen molar-refractivity contribution in [3.05, 3.63) is 11.5 Å². The molecule has 1 N–H and O–H groups in total. The van der Waals surface area contributed by atoms with Gasteiger partial charge in [-0.15, -0.1) is 0 Å². The lowest BCUT2D eigenvalue weighted by Gasteiger charge is -2.09. The van der Waals surface area contributed by atoms with Gasteiger partial charge < -0.3 is 5.32 Å². The summed E-state index contributed by atoms with van der Waals surface area (Å²) in [4.78, 5) is 0.0941. The normalized spacial score (nSPS) is 25.4. The zero-order valence-electron chi connectivity index (χ0n) is 6.01. The van der Waals surface area contributed by atoms with Crippen LogP contribution in [0.25, 0.3) is 0 Å². The molecule has 0 aromatic heterocycles. The van der Waals surface area contributed by atoms with Crippen molar-refractivity contribution < 1.29 is 8.42 Å². The number of nitrogens with one attached hydrogen (secondary N) is 1. The third kappa shape index (κ3) is 2.18. The first-order valence-corrected chi connectivity index (χ1v) is 5.69. The van der Waals surface area contributed by atoms with Crippen LogP contribution in [0, 0.1) is 0 Å². The molecule has 1 heterocycles. The van der Waals surface area contributed by atoms with Crippen LogP contribution >= 0.6 is 10.7 Å². The highest BCUT2D eigenvalue weighted by molar-refractivity contribution is 8.16. The Balaban J connectivity index is 2.69. The van der Waals surface area contributed by atoms with Gasteiger partial charge in [-0.25, -0.2) is 8.42 Å². The Kier molecular flexibility index (Phi) is 2.57. The van der Waals surface area contributed by atoms with E-state index in [4.69, 9.17) is 10.7 Å². The van der Waals surface area contributed by atoms with Gasteiger partial charge in [-0.2, -0.15) is 0 Å². The summed E-state index contributed by atoms with van der Waals surface area (Å²) in [6.07, 6.45) is 1.79. The minimum absolute atomic E-state index is 0.0941. The fourth-order valence-corrected chi connectivity index (χ4v) is 1.99. The third-order valence-electron chi connectivity index (χ3n) is 1.76. The second-order valence-corrected chi connectivity index (χ2v) is 5.17. The molecule has 5 heteroatoms. The summed E-state index contributed by atoms with van der Waals surface area (Å²) in [6, 6.07) is -0.141. The van der Waals surface area contributed by atoms with Crippen LogP contribution in [-0.2, 0) is 9.05 Å². The van der Waals surface area contributed by atoms with Crippen molar-refractivity contribution in [2.45, 2.75) is 18.9 Å². The molecule has 11 heavy (non-hydrogen) atoms.